The SMILES string of the molecule is CCC1OC(O[C@H]2C(C)C(C)C(C)O[C@H]2CC)[C@H](N=[N+]=[N-])[C@@H](C)C1OC. The summed E-state index contributed by atoms with van der Waals surface area (Å²) in [7, 11) is 1.68. The van der Waals surface area contributed by atoms with Gasteiger partial charge in [0, 0.05) is 12.0 Å². The summed E-state index contributed by atoms with van der Waals surface area (Å²) in [6.07, 6.45) is 1.04. The first kappa shape index (κ1) is 21.5. The minimum absolute atomic E-state index is 0.0100. The van der Waals surface area contributed by atoms with E-state index in [1.165, 1.54) is 0 Å². The van der Waals surface area contributed by atoms with Gasteiger partial charge in [-0.25, -0.2) is 0 Å². The summed E-state index contributed by atoms with van der Waals surface area (Å²) in [5.74, 6) is 0.723. The average molecular weight is 370 g/mol. The second-order valence-corrected chi connectivity index (χ2v) is 7.81. The molecule has 2 fully saturated rings. The lowest BCUT2D eigenvalue weighted by Gasteiger charge is -2.48. The zero-order valence-electron chi connectivity index (χ0n) is 17.2. The lowest BCUT2D eigenvalue weighted by Crippen LogP contribution is -2.57. The molecule has 0 spiro atoms. The van der Waals surface area contributed by atoms with E-state index >= 15 is 0 Å². The van der Waals surface area contributed by atoms with Crippen molar-refractivity contribution in [3.05, 3.63) is 10.4 Å². The Bertz CT molecular complexity index is 497. The molecular formula is C19H35N3O4. The molecule has 0 amide bonds. The quantitative estimate of drug-likeness (QED) is 0.397. The van der Waals surface area contributed by atoms with Gasteiger partial charge in [-0.3, -0.25) is 0 Å². The van der Waals surface area contributed by atoms with Gasteiger partial charge in [0.05, 0.1) is 36.6 Å². The largest absolute Gasteiger partial charge is 0.378 e. The summed E-state index contributed by atoms with van der Waals surface area (Å²) in [6, 6.07) is -0.424. The molecular weight excluding hydrogens is 334 g/mol. The fourth-order valence-electron chi connectivity index (χ4n) is 4.38. The molecule has 0 bridgehead atoms. The van der Waals surface area contributed by atoms with Crippen molar-refractivity contribution in [3.8, 4) is 0 Å². The molecule has 6 unspecified atom stereocenters. The number of azide groups is 1. The first-order chi connectivity index (χ1) is 12.4. The van der Waals surface area contributed by atoms with Crippen molar-refractivity contribution >= 4 is 0 Å². The van der Waals surface area contributed by atoms with E-state index < -0.39 is 12.3 Å². The van der Waals surface area contributed by atoms with Gasteiger partial charge in [-0.1, -0.05) is 39.7 Å². The minimum atomic E-state index is -0.581. The van der Waals surface area contributed by atoms with Crippen molar-refractivity contribution in [3.63, 3.8) is 0 Å². The molecule has 7 heteroatoms. The van der Waals surface area contributed by atoms with E-state index in [0.29, 0.717) is 11.8 Å². The van der Waals surface area contributed by atoms with Gasteiger partial charge in [-0.15, -0.1) is 0 Å². The van der Waals surface area contributed by atoms with Crippen LogP contribution < -0.4 is 0 Å². The summed E-state index contributed by atoms with van der Waals surface area (Å²) >= 11 is 0. The predicted molar refractivity (Wildman–Crippen MR) is 99.7 cm³/mol. The highest BCUT2D eigenvalue weighted by atomic mass is 16.7. The van der Waals surface area contributed by atoms with E-state index in [1.54, 1.807) is 7.11 Å². The Morgan fingerprint density at radius 3 is 2.08 bits per heavy atom. The van der Waals surface area contributed by atoms with Gasteiger partial charge in [0.2, 0.25) is 0 Å². The van der Waals surface area contributed by atoms with Gasteiger partial charge in [0.1, 0.15) is 0 Å². The van der Waals surface area contributed by atoms with Crippen molar-refractivity contribution in [2.75, 3.05) is 7.11 Å². The number of nitrogens with zero attached hydrogens (tertiary/aromatic N) is 3. The second kappa shape index (κ2) is 9.38. The highest BCUT2D eigenvalue weighted by molar-refractivity contribution is 4.94. The summed E-state index contributed by atoms with van der Waals surface area (Å²) in [5, 5.41) is 4.00. The molecule has 0 N–H and O–H groups in total. The van der Waals surface area contributed by atoms with Crippen molar-refractivity contribution < 1.29 is 18.9 Å². The third kappa shape index (κ3) is 4.18. The zero-order chi connectivity index (χ0) is 19.4. The Morgan fingerprint density at radius 2 is 1.54 bits per heavy atom. The van der Waals surface area contributed by atoms with E-state index in [-0.39, 0.29) is 36.4 Å². The van der Waals surface area contributed by atoms with Crippen LogP contribution in [-0.4, -0.2) is 50.0 Å². The van der Waals surface area contributed by atoms with Gasteiger partial charge < -0.3 is 18.9 Å². The highest BCUT2D eigenvalue weighted by Gasteiger charge is 2.47. The maximum Gasteiger partial charge on any atom is 0.167 e. The van der Waals surface area contributed by atoms with Crippen LogP contribution in [0.4, 0.5) is 0 Å². The summed E-state index contributed by atoms with van der Waals surface area (Å²) in [6.45, 7) is 12.8. The molecule has 0 aromatic rings. The second-order valence-electron chi connectivity index (χ2n) is 7.81. The number of hydrogen-bond acceptors (Lipinski definition) is 5. The van der Waals surface area contributed by atoms with Crippen LogP contribution in [0.1, 0.15) is 54.4 Å². The third-order valence-corrected chi connectivity index (χ3v) is 6.41. The van der Waals surface area contributed by atoms with Crippen molar-refractivity contribution in [1.29, 1.82) is 0 Å². The van der Waals surface area contributed by atoms with E-state index in [9.17, 15) is 0 Å². The molecule has 150 valence electrons. The van der Waals surface area contributed by atoms with Crippen LogP contribution >= 0.6 is 0 Å². The summed E-state index contributed by atoms with van der Waals surface area (Å²) < 4.78 is 24.5. The van der Waals surface area contributed by atoms with Crippen LogP contribution in [0.3, 0.4) is 0 Å². The van der Waals surface area contributed by atoms with E-state index in [2.05, 4.69) is 44.6 Å². The van der Waals surface area contributed by atoms with Crippen molar-refractivity contribution in [2.24, 2.45) is 22.9 Å². The van der Waals surface area contributed by atoms with Crippen LogP contribution in [0.25, 0.3) is 10.4 Å². The fourth-order valence-corrected chi connectivity index (χ4v) is 4.38. The normalized spacial score (nSPS) is 46.6. The topological polar surface area (TPSA) is 85.7 Å². The van der Waals surface area contributed by atoms with Crippen molar-refractivity contribution in [2.45, 2.75) is 97.2 Å². The molecule has 7 nitrogen and oxygen atoms in total. The van der Waals surface area contributed by atoms with Gasteiger partial charge >= 0.3 is 0 Å². The third-order valence-electron chi connectivity index (χ3n) is 6.41. The molecule has 2 aliphatic rings. The molecule has 0 aromatic heterocycles. The average Bonchev–Trinajstić information content (AvgIpc) is 2.64. The standard InChI is InChI=1S/C19H35N3O4/c1-8-14-17(23-7)12(5)16(21-22-20)19(25-14)26-18-11(4)10(3)13(6)24-15(18)9-2/h10-19H,8-9H2,1-7H3/t10?,11?,12-,13?,14?,15+,16-,17?,18+,19?/m1/s1. The molecule has 2 aliphatic heterocycles. The van der Waals surface area contributed by atoms with E-state index in [1.807, 2.05) is 6.92 Å². The maximum atomic E-state index is 9.05. The van der Waals surface area contributed by atoms with Crippen LogP contribution in [0, 0.1) is 17.8 Å². The first-order valence-corrected chi connectivity index (χ1v) is 9.92. The van der Waals surface area contributed by atoms with E-state index in [4.69, 9.17) is 24.5 Å². The fraction of sp³-hybridized carbons (Fsp3) is 1.00. The number of methoxy groups -OCH3 is 1. The molecule has 10 atom stereocenters. The predicted octanol–water partition coefficient (Wildman–Crippen LogP) is 4.31. The number of ether oxygens (including phenoxy) is 4. The maximum absolute atomic E-state index is 9.05. The van der Waals surface area contributed by atoms with Crippen molar-refractivity contribution in [1.82, 2.24) is 0 Å². The molecule has 2 heterocycles. The molecule has 0 aromatic carbocycles. The van der Waals surface area contributed by atoms with Gasteiger partial charge in [-0.2, -0.15) is 0 Å². The van der Waals surface area contributed by atoms with Gasteiger partial charge in [0.25, 0.3) is 0 Å². The minimum Gasteiger partial charge on any atom is -0.378 e. The monoisotopic (exact) mass is 369 g/mol. The lowest BCUT2D eigenvalue weighted by molar-refractivity contribution is -0.296. The Labute approximate surface area is 157 Å². The van der Waals surface area contributed by atoms with Crippen LogP contribution in [0.15, 0.2) is 5.11 Å². The van der Waals surface area contributed by atoms with Crippen LogP contribution in [0.2, 0.25) is 0 Å². The molecule has 0 aliphatic carbocycles. The summed E-state index contributed by atoms with van der Waals surface area (Å²) in [5.41, 5.74) is 9.05. The highest BCUT2D eigenvalue weighted by Crippen LogP contribution is 2.38. The van der Waals surface area contributed by atoms with Gasteiger partial charge in [0.15, 0.2) is 6.29 Å². The Hall–Kier alpha value is -0.850. The lowest BCUT2D eigenvalue weighted by atomic mass is 9.81. The molecule has 0 saturated carbocycles. The Kier molecular flexibility index (Phi) is 7.74. The Morgan fingerprint density at radius 1 is 0.923 bits per heavy atom. The molecule has 2 saturated heterocycles. The van der Waals surface area contributed by atoms with Gasteiger partial charge in [-0.05, 0) is 43.1 Å². The zero-order valence-corrected chi connectivity index (χ0v) is 17.2. The smallest absolute Gasteiger partial charge is 0.167 e. The molecule has 0 radical (unpaired) electrons. The van der Waals surface area contributed by atoms with E-state index in [0.717, 1.165) is 12.8 Å². The van der Waals surface area contributed by atoms with Crippen LogP contribution in [-0.2, 0) is 18.9 Å². The molecule has 2 rings (SSSR count). The summed E-state index contributed by atoms with van der Waals surface area (Å²) in [4.78, 5) is 3.04. The Balaban J connectivity index is 2.24. The van der Waals surface area contributed by atoms with Crippen LogP contribution in [0.5, 0.6) is 0 Å². The number of hydrogen-bond donors (Lipinski definition) is 0. The first-order valence-electron chi connectivity index (χ1n) is 9.92. The number of rotatable bonds is 6. The molecule has 26 heavy (non-hydrogen) atoms.